The molecule has 1 heterocycles. The largest absolute Gasteiger partial charge is 0.496 e. The van der Waals surface area contributed by atoms with Gasteiger partial charge in [0.1, 0.15) is 11.5 Å². The molecule has 0 bridgehead atoms. The number of para-hydroxylation sites is 2. The van der Waals surface area contributed by atoms with E-state index in [9.17, 15) is 0 Å². The molecule has 1 aromatic heterocycles. The summed E-state index contributed by atoms with van der Waals surface area (Å²) < 4.78 is 13.3. The fourth-order valence-electron chi connectivity index (χ4n) is 3.04. The van der Waals surface area contributed by atoms with E-state index in [1.54, 1.807) is 24.9 Å². The smallest absolute Gasteiger partial charge is 0.196 e. The van der Waals surface area contributed by atoms with Gasteiger partial charge in [0.25, 0.3) is 0 Å². The third-order valence-electron chi connectivity index (χ3n) is 4.47. The highest BCUT2D eigenvalue weighted by Crippen LogP contribution is 2.33. The highest BCUT2D eigenvalue weighted by Gasteiger charge is 2.19. The van der Waals surface area contributed by atoms with Crippen molar-refractivity contribution in [3.63, 3.8) is 0 Å². The zero-order valence-electron chi connectivity index (χ0n) is 16.7. The molecule has 0 aliphatic rings. The molecule has 0 N–H and O–H groups in total. The first-order valence-corrected chi connectivity index (χ1v) is 11.3. The molecule has 0 aliphatic heterocycles. The number of thioether (sulfide) groups is 1. The summed E-state index contributed by atoms with van der Waals surface area (Å²) in [5, 5.41) is 10.9. The Morgan fingerprint density at radius 1 is 0.871 bits per heavy atom. The second-order valence-corrected chi connectivity index (χ2v) is 8.35. The van der Waals surface area contributed by atoms with Gasteiger partial charge in [0.2, 0.25) is 0 Å². The van der Waals surface area contributed by atoms with Crippen molar-refractivity contribution in [2.24, 2.45) is 0 Å². The van der Waals surface area contributed by atoms with Crippen LogP contribution in [-0.2, 0) is 0 Å². The molecule has 0 fully saturated rings. The molecule has 0 unspecified atom stereocenters. The predicted octanol–water partition coefficient (Wildman–Crippen LogP) is 6.42. The second-order valence-electron chi connectivity index (χ2n) is 6.45. The van der Waals surface area contributed by atoms with Crippen LogP contribution in [0, 0.1) is 0 Å². The molecule has 0 radical (unpaired) electrons. The van der Waals surface area contributed by atoms with Gasteiger partial charge in [-0.2, -0.15) is 0 Å². The molecule has 31 heavy (non-hydrogen) atoms. The lowest BCUT2D eigenvalue weighted by Crippen LogP contribution is -2.04. The molecule has 0 saturated carbocycles. The van der Waals surface area contributed by atoms with Gasteiger partial charge in [-0.05, 0) is 48.5 Å². The summed E-state index contributed by atoms with van der Waals surface area (Å²) in [6, 6.07) is 22.7. The van der Waals surface area contributed by atoms with Gasteiger partial charge < -0.3 is 9.47 Å². The summed E-state index contributed by atoms with van der Waals surface area (Å²) in [7, 11) is 1.64. The van der Waals surface area contributed by atoms with Crippen molar-refractivity contribution in [3.05, 3.63) is 82.8 Å². The van der Waals surface area contributed by atoms with E-state index in [-0.39, 0.29) is 0 Å². The van der Waals surface area contributed by atoms with Crippen LogP contribution >= 0.6 is 35.0 Å². The van der Waals surface area contributed by atoms with Gasteiger partial charge in [-0.25, -0.2) is 0 Å². The molecular formula is C23H19Cl2N3O2S. The molecule has 0 saturated heterocycles. The Morgan fingerprint density at radius 2 is 1.58 bits per heavy atom. The third kappa shape index (κ3) is 4.98. The van der Waals surface area contributed by atoms with Crippen molar-refractivity contribution in [1.82, 2.24) is 14.8 Å². The van der Waals surface area contributed by atoms with Crippen LogP contribution in [0.1, 0.15) is 0 Å². The van der Waals surface area contributed by atoms with E-state index in [1.807, 2.05) is 71.3 Å². The van der Waals surface area contributed by atoms with Crippen LogP contribution in [0.2, 0.25) is 10.0 Å². The summed E-state index contributed by atoms with van der Waals surface area (Å²) in [5.74, 6) is 2.75. The van der Waals surface area contributed by atoms with E-state index in [2.05, 4.69) is 10.2 Å². The highest BCUT2D eigenvalue weighted by atomic mass is 35.5. The average Bonchev–Trinajstić information content (AvgIpc) is 3.22. The summed E-state index contributed by atoms with van der Waals surface area (Å²) >= 11 is 13.8. The molecular weight excluding hydrogens is 453 g/mol. The number of hydrogen-bond acceptors (Lipinski definition) is 5. The average molecular weight is 472 g/mol. The van der Waals surface area contributed by atoms with Crippen molar-refractivity contribution in [3.8, 4) is 28.6 Å². The number of ether oxygens (including phenoxy) is 2. The number of halogens is 2. The van der Waals surface area contributed by atoms with Gasteiger partial charge >= 0.3 is 0 Å². The van der Waals surface area contributed by atoms with E-state index in [1.165, 1.54) is 0 Å². The Labute approximate surface area is 194 Å². The predicted molar refractivity (Wildman–Crippen MR) is 126 cm³/mol. The van der Waals surface area contributed by atoms with Gasteiger partial charge in [-0.15, -0.1) is 10.2 Å². The number of benzene rings is 3. The van der Waals surface area contributed by atoms with E-state index < -0.39 is 0 Å². The standard InChI is InChI=1S/C23H19Cl2N3O2S/c1-29-20-8-4-2-6-18(20)22-26-27-23(28(22)17-12-10-16(24)11-13-17)31-15-14-30-21-9-5-3-7-19(21)25/h2-13H,14-15H2,1H3. The minimum absolute atomic E-state index is 0.478. The number of aromatic nitrogens is 3. The Morgan fingerprint density at radius 3 is 2.32 bits per heavy atom. The lowest BCUT2D eigenvalue weighted by Gasteiger charge is -2.13. The van der Waals surface area contributed by atoms with Crippen LogP contribution in [0.25, 0.3) is 17.1 Å². The van der Waals surface area contributed by atoms with Crippen molar-refractivity contribution < 1.29 is 9.47 Å². The summed E-state index contributed by atoms with van der Waals surface area (Å²) in [6.45, 7) is 0.478. The van der Waals surface area contributed by atoms with Crippen LogP contribution in [0.5, 0.6) is 11.5 Å². The third-order valence-corrected chi connectivity index (χ3v) is 5.93. The maximum absolute atomic E-state index is 6.16. The fourth-order valence-corrected chi connectivity index (χ4v) is 4.12. The molecule has 158 valence electrons. The lowest BCUT2D eigenvalue weighted by atomic mass is 10.2. The van der Waals surface area contributed by atoms with Gasteiger partial charge in [-0.3, -0.25) is 4.57 Å². The zero-order valence-corrected chi connectivity index (χ0v) is 19.0. The Kier molecular flexibility index (Phi) is 7.02. The molecule has 5 nitrogen and oxygen atoms in total. The fraction of sp³-hybridized carbons (Fsp3) is 0.130. The minimum atomic E-state index is 0.478. The lowest BCUT2D eigenvalue weighted by molar-refractivity contribution is 0.344. The second kappa shape index (κ2) is 10.1. The molecule has 4 rings (SSSR count). The number of rotatable bonds is 8. The summed E-state index contributed by atoms with van der Waals surface area (Å²) in [4.78, 5) is 0. The molecule has 4 aromatic rings. The normalized spacial score (nSPS) is 10.8. The van der Waals surface area contributed by atoms with Crippen LogP contribution in [0.4, 0.5) is 0 Å². The SMILES string of the molecule is COc1ccccc1-c1nnc(SCCOc2ccccc2Cl)n1-c1ccc(Cl)cc1. The monoisotopic (exact) mass is 471 g/mol. The molecule has 0 atom stereocenters. The summed E-state index contributed by atoms with van der Waals surface area (Å²) in [5.41, 5.74) is 1.76. The maximum Gasteiger partial charge on any atom is 0.196 e. The maximum atomic E-state index is 6.16. The highest BCUT2D eigenvalue weighted by molar-refractivity contribution is 7.99. The van der Waals surface area contributed by atoms with Crippen LogP contribution < -0.4 is 9.47 Å². The summed E-state index contributed by atoms with van der Waals surface area (Å²) in [6.07, 6.45) is 0. The van der Waals surface area contributed by atoms with Crippen LogP contribution in [-0.4, -0.2) is 34.2 Å². The molecule has 0 aliphatic carbocycles. The first-order valence-electron chi connectivity index (χ1n) is 9.52. The van der Waals surface area contributed by atoms with Crippen molar-refractivity contribution in [2.45, 2.75) is 5.16 Å². The quantitative estimate of drug-likeness (QED) is 0.219. The molecule has 3 aromatic carbocycles. The number of hydrogen-bond donors (Lipinski definition) is 0. The van der Waals surface area contributed by atoms with Crippen LogP contribution in [0.15, 0.2) is 78.0 Å². The Bertz CT molecular complexity index is 1170. The number of methoxy groups -OCH3 is 1. The molecule has 0 spiro atoms. The topological polar surface area (TPSA) is 49.2 Å². The van der Waals surface area contributed by atoms with E-state index in [0.717, 1.165) is 22.2 Å². The molecule has 0 amide bonds. The Balaban J connectivity index is 1.61. The first kappa shape index (κ1) is 21.6. The zero-order chi connectivity index (χ0) is 21.6. The van der Waals surface area contributed by atoms with E-state index in [0.29, 0.717) is 34.0 Å². The minimum Gasteiger partial charge on any atom is -0.496 e. The van der Waals surface area contributed by atoms with Gasteiger partial charge in [0.15, 0.2) is 11.0 Å². The van der Waals surface area contributed by atoms with E-state index in [4.69, 9.17) is 32.7 Å². The van der Waals surface area contributed by atoms with Gasteiger partial charge in [-0.1, -0.05) is 59.2 Å². The van der Waals surface area contributed by atoms with Gasteiger partial charge in [0.05, 0.1) is 24.3 Å². The number of nitrogens with zero attached hydrogens (tertiary/aromatic N) is 3. The molecule has 8 heteroatoms. The van der Waals surface area contributed by atoms with Crippen molar-refractivity contribution >= 4 is 35.0 Å². The van der Waals surface area contributed by atoms with Crippen molar-refractivity contribution in [2.75, 3.05) is 19.5 Å². The van der Waals surface area contributed by atoms with E-state index >= 15 is 0 Å². The Hall–Kier alpha value is -2.67. The first-order chi connectivity index (χ1) is 15.2. The van der Waals surface area contributed by atoms with Crippen LogP contribution in [0.3, 0.4) is 0 Å². The van der Waals surface area contributed by atoms with Gasteiger partial charge in [0, 0.05) is 16.5 Å². The van der Waals surface area contributed by atoms with Crippen molar-refractivity contribution in [1.29, 1.82) is 0 Å².